The van der Waals surface area contributed by atoms with Gasteiger partial charge in [-0.15, -0.1) is 0 Å². The number of carbonyl (C=O) groups excluding carboxylic acids is 2. The molecule has 6 heteroatoms. The molecule has 0 saturated heterocycles. The lowest BCUT2D eigenvalue weighted by atomic mass is 10.0. The van der Waals surface area contributed by atoms with Gasteiger partial charge in [-0.3, -0.25) is 9.59 Å². The highest BCUT2D eigenvalue weighted by atomic mass is 16.5. The molecule has 0 spiro atoms. The van der Waals surface area contributed by atoms with Crippen LogP contribution < -0.4 is 5.32 Å². The predicted octanol–water partition coefficient (Wildman–Crippen LogP) is 13.5. The van der Waals surface area contributed by atoms with Crippen molar-refractivity contribution in [3.63, 3.8) is 0 Å². The Morgan fingerprint density at radius 1 is 0.542 bits per heavy atom. The minimum atomic E-state index is -0.839. The zero-order valence-electron chi connectivity index (χ0n) is 37.3. The highest BCUT2D eigenvalue weighted by Gasteiger charge is 2.23. The van der Waals surface area contributed by atoms with Gasteiger partial charge >= 0.3 is 5.97 Å². The maximum atomic E-state index is 13.1. The SMILES string of the molecule is CC/C=C\C/C=C\C/C=C\C/C=C\C/C=C\C/C=C\C(CC(=O)NC(CO)C(O)CCCCCCCCCCCC)OC(=O)CCC/C=C/C=C\C=C/C=C/C=C/CC. The molecule has 1 amide bonds. The summed E-state index contributed by atoms with van der Waals surface area (Å²) in [5, 5.41) is 23.5. The Hall–Kier alpha value is -4.00. The van der Waals surface area contributed by atoms with Gasteiger partial charge in [-0.25, -0.2) is 0 Å². The van der Waals surface area contributed by atoms with Crippen molar-refractivity contribution in [2.24, 2.45) is 0 Å². The van der Waals surface area contributed by atoms with E-state index in [0.717, 1.165) is 64.2 Å². The summed E-state index contributed by atoms with van der Waals surface area (Å²) in [4.78, 5) is 25.9. The Morgan fingerprint density at radius 2 is 1.00 bits per heavy atom. The van der Waals surface area contributed by atoms with Crippen LogP contribution in [0.4, 0.5) is 0 Å². The van der Waals surface area contributed by atoms with Crippen LogP contribution in [0.15, 0.2) is 134 Å². The van der Waals surface area contributed by atoms with Gasteiger partial charge in [0.05, 0.1) is 25.2 Å². The van der Waals surface area contributed by atoms with Crippen molar-refractivity contribution in [2.45, 2.75) is 180 Å². The molecular formula is C53H83NO5. The van der Waals surface area contributed by atoms with Crippen molar-refractivity contribution in [1.29, 1.82) is 0 Å². The molecule has 0 aliphatic rings. The van der Waals surface area contributed by atoms with Gasteiger partial charge in [0.15, 0.2) is 0 Å². The summed E-state index contributed by atoms with van der Waals surface area (Å²) in [6, 6.07) is -0.765. The Kier molecular flexibility index (Phi) is 42.0. The summed E-state index contributed by atoms with van der Waals surface area (Å²) in [7, 11) is 0. The minimum absolute atomic E-state index is 0.0856. The third kappa shape index (κ3) is 40.6. The number of amides is 1. The Labute approximate surface area is 361 Å². The van der Waals surface area contributed by atoms with Crippen molar-refractivity contribution in [3.8, 4) is 0 Å². The van der Waals surface area contributed by atoms with Gasteiger partial charge in [-0.1, -0.05) is 213 Å². The van der Waals surface area contributed by atoms with E-state index in [-0.39, 0.29) is 31.3 Å². The number of nitrogens with one attached hydrogen (secondary N) is 1. The molecule has 0 aliphatic heterocycles. The average molecular weight is 814 g/mol. The second-order valence-corrected chi connectivity index (χ2v) is 14.8. The number of aliphatic hydroxyl groups excluding tert-OH is 2. The van der Waals surface area contributed by atoms with Crippen LogP contribution in [-0.4, -0.2) is 46.9 Å². The van der Waals surface area contributed by atoms with Gasteiger partial charge in [-0.2, -0.15) is 0 Å². The molecule has 330 valence electrons. The number of carbonyl (C=O) groups is 2. The second-order valence-electron chi connectivity index (χ2n) is 14.8. The second kappa shape index (κ2) is 45.1. The van der Waals surface area contributed by atoms with Crippen molar-refractivity contribution >= 4 is 11.9 Å². The molecule has 3 atom stereocenters. The number of rotatable bonds is 38. The zero-order valence-corrected chi connectivity index (χ0v) is 37.3. The van der Waals surface area contributed by atoms with Gasteiger partial charge in [-0.05, 0) is 70.3 Å². The monoisotopic (exact) mass is 814 g/mol. The quantitative estimate of drug-likeness (QED) is 0.0250. The van der Waals surface area contributed by atoms with Crippen LogP contribution in [0.1, 0.15) is 162 Å². The van der Waals surface area contributed by atoms with Crippen molar-refractivity contribution in [2.75, 3.05) is 6.61 Å². The number of hydrogen-bond acceptors (Lipinski definition) is 5. The number of aliphatic hydroxyl groups is 2. The van der Waals surface area contributed by atoms with Crippen LogP contribution in [-0.2, 0) is 14.3 Å². The Bertz CT molecular complexity index is 1320. The topological polar surface area (TPSA) is 95.9 Å². The first-order valence-electron chi connectivity index (χ1n) is 23.0. The molecule has 0 aromatic heterocycles. The summed E-state index contributed by atoms with van der Waals surface area (Å²) in [5.74, 6) is -0.738. The Morgan fingerprint density at radius 3 is 1.51 bits per heavy atom. The molecule has 6 nitrogen and oxygen atoms in total. The summed E-state index contributed by atoms with van der Waals surface area (Å²) in [5.41, 5.74) is 0. The van der Waals surface area contributed by atoms with E-state index < -0.39 is 18.2 Å². The molecule has 59 heavy (non-hydrogen) atoms. The normalized spacial score (nSPS) is 14.6. The molecule has 0 aromatic carbocycles. The van der Waals surface area contributed by atoms with E-state index >= 15 is 0 Å². The maximum Gasteiger partial charge on any atom is 0.306 e. The van der Waals surface area contributed by atoms with E-state index in [4.69, 9.17) is 4.74 Å². The van der Waals surface area contributed by atoms with Crippen LogP contribution >= 0.6 is 0 Å². The number of allylic oxidation sites excluding steroid dienone is 21. The fraction of sp³-hybridized carbons (Fsp3) is 0.547. The van der Waals surface area contributed by atoms with E-state index in [9.17, 15) is 19.8 Å². The molecule has 0 radical (unpaired) electrons. The summed E-state index contributed by atoms with van der Waals surface area (Å²) in [6.45, 7) is 6.12. The molecule has 0 fully saturated rings. The third-order valence-corrected chi connectivity index (χ3v) is 9.35. The first-order chi connectivity index (χ1) is 29.0. The fourth-order valence-electron chi connectivity index (χ4n) is 5.93. The lowest BCUT2D eigenvalue weighted by molar-refractivity contribution is -0.148. The number of unbranched alkanes of at least 4 members (excludes halogenated alkanes) is 10. The molecular weight excluding hydrogens is 731 g/mol. The van der Waals surface area contributed by atoms with E-state index in [1.807, 2.05) is 60.8 Å². The molecule has 0 aliphatic carbocycles. The van der Waals surface area contributed by atoms with Crippen LogP contribution in [0, 0.1) is 0 Å². The van der Waals surface area contributed by atoms with Gasteiger partial charge < -0.3 is 20.3 Å². The standard InChI is InChI=1S/C53H83NO5/c1-4-7-10-13-16-19-22-24-25-26-27-29-30-32-35-38-41-44-49(59-53(58)46-43-40-37-34-31-28-23-20-17-14-11-8-5-2)47-52(57)54-50(48-55)51(56)45-42-39-36-33-21-18-15-12-9-6-3/h7-8,10-11,14,16-17,19-20,23-25,27-29,31-32,34-35,37,41,44,49-51,55-56H,4-6,9,12-13,15,18,21-22,26,30,33,36,38-40,42-43,45-48H2,1-3H3,(H,54,57)/b10-7-,11-8+,17-14+,19-16-,23-20-,25-24-,29-27-,31-28-,35-32-,37-34+,44-41-. The predicted molar refractivity (Wildman–Crippen MR) is 254 cm³/mol. The summed E-state index contributed by atoms with van der Waals surface area (Å²) < 4.78 is 5.75. The first kappa shape index (κ1) is 55.0. The molecule has 0 rings (SSSR count). The number of ether oxygens (including phenoxy) is 1. The maximum absolute atomic E-state index is 13.1. The minimum Gasteiger partial charge on any atom is -0.458 e. The zero-order chi connectivity index (χ0) is 43.1. The van der Waals surface area contributed by atoms with Crippen molar-refractivity contribution in [1.82, 2.24) is 5.32 Å². The molecule has 3 unspecified atom stereocenters. The fourth-order valence-corrected chi connectivity index (χ4v) is 5.93. The molecule has 0 heterocycles. The lowest BCUT2D eigenvalue weighted by Crippen LogP contribution is -2.46. The largest absolute Gasteiger partial charge is 0.458 e. The van der Waals surface area contributed by atoms with Gasteiger partial charge in [0.2, 0.25) is 5.91 Å². The van der Waals surface area contributed by atoms with Gasteiger partial charge in [0.1, 0.15) is 6.10 Å². The van der Waals surface area contributed by atoms with Crippen molar-refractivity contribution in [3.05, 3.63) is 134 Å². The average Bonchev–Trinajstić information content (AvgIpc) is 3.23. The third-order valence-electron chi connectivity index (χ3n) is 9.35. The first-order valence-corrected chi connectivity index (χ1v) is 23.0. The van der Waals surface area contributed by atoms with E-state index in [0.29, 0.717) is 19.3 Å². The molecule has 0 saturated carbocycles. The Balaban J connectivity index is 4.97. The number of hydrogen-bond donors (Lipinski definition) is 3. The van der Waals surface area contributed by atoms with E-state index in [1.54, 1.807) is 6.08 Å². The number of esters is 1. The van der Waals surface area contributed by atoms with Crippen molar-refractivity contribution < 1.29 is 24.5 Å². The summed E-state index contributed by atoms with van der Waals surface area (Å²) in [6.07, 6.45) is 64.0. The molecule has 3 N–H and O–H groups in total. The van der Waals surface area contributed by atoms with Gasteiger partial charge in [0, 0.05) is 6.42 Å². The summed E-state index contributed by atoms with van der Waals surface area (Å²) >= 11 is 0. The van der Waals surface area contributed by atoms with E-state index in [2.05, 4.69) is 92.9 Å². The highest BCUT2D eigenvalue weighted by molar-refractivity contribution is 5.78. The van der Waals surface area contributed by atoms with Gasteiger partial charge in [0.25, 0.3) is 0 Å². The molecule has 0 aromatic rings. The van der Waals surface area contributed by atoms with Crippen LogP contribution in [0.25, 0.3) is 0 Å². The van der Waals surface area contributed by atoms with E-state index in [1.165, 1.54) is 44.9 Å². The van der Waals surface area contributed by atoms with Crippen LogP contribution in [0.2, 0.25) is 0 Å². The van der Waals surface area contributed by atoms with Crippen LogP contribution in [0.5, 0.6) is 0 Å². The highest BCUT2D eigenvalue weighted by Crippen LogP contribution is 2.14. The smallest absolute Gasteiger partial charge is 0.306 e. The van der Waals surface area contributed by atoms with Crippen LogP contribution in [0.3, 0.4) is 0 Å². The lowest BCUT2D eigenvalue weighted by Gasteiger charge is -2.23. The molecule has 0 bridgehead atoms.